The van der Waals surface area contributed by atoms with Crippen molar-refractivity contribution in [3.05, 3.63) is 45.5 Å². The molecule has 1 unspecified atom stereocenters. The third kappa shape index (κ3) is 4.09. The van der Waals surface area contributed by atoms with E-state index in [0.29, 0.717) is 10.9 Å². The van der Waals surface area contributed by atoms with E-state index < -0.39 is 9.84 Å². The summed E-state index contributed by atoms with van der Waals surface area (Å²) < 4.78 is 29.2. The third-order valence-electron chi connectivity index (χ3n) is 2.91. The van der Waals surface area contributed by atoms with Gasteiger partial charge in [-0.3, -0.25) is 0 Å². The average Bonchev–Trinajstić information content (AvgIpc) is 3.06. The summed E-state index contributed by atoms with van der Waals surface area (Å²) in [4.78, 5) is 0.999. The van der Waals surface area contributed by atoms with Crippen LogP contribution in [0.1, 0.15) is 23.6 Å². The van der Waals surface area contributed by atoms with Crippen molar-refractivity contribution in [3.8, 4) is 0 Å². The fourth-order valence-corrected chi connectivity index (χ4v) is 3.65. The second kappa shape index (κ2) is 6.76. The molecule has 2 aromatic heterocycles. The third-order valence-corrected chi connectivity index (χ3v) is 5.91. The highest BCUT2D eigenvalue weighted by Gasteiger charge is 2.19. The molecule has 0 radical (unpaired) electrons. The van der Waals surface area contributed by atoms with Gasteiger partial charge < -0.3 is 9.73 Å². The molecule has 2 heterocycles. The van der Waals surface area contributed by atoms with Crippen molar-refractivity contribution < 1.29 is 12.8 Å². The molecular formula is C13H16ClNO3S2. The maximum atomic E-state index is 11.5. The van der Waals surface area contributed by atoms with E-state index in [4.69, 9.17) is 16.0 Å². The molecule has 0 bridgehead atoms. The SMILES string of the molecule is CCS(=O)(=O)CCNC(c1ccco1)c1ccc(Cl)s1. The van der Waals surface area contributed by atoms with Crippen LogP contribution >= 0.6 is 22.9 Å². The molecule has 0 aromatic carbocycles. The number of furan rings is 1. The first-order valence-corrected chi connectivity index (χ1v) is 9.26. The van der Waals surface area contributed by atoms with Crippen molar-refractivity contribution >= 4 is 32.8 Å². The Morgan fingerprint density at radius 1 is 1.40 bits per heavy atom. The van der Waals surface area contributed by atoms with Crippen LogP contribution in [0.2, 0.25) is 4.34 Å². The van der Waals surface area contributed by atoms with Crippen LogP contribution in [0.3, 0.4) is 0 Å². The molecule has 4 nitrogen and oxygen atoms in total. The van der Waals surface area contributed by atoms with Crippen molar-refractivity contribution in [1.82, 2.24) is 5.32 Å². The van der Waals surface area contributed by atoms with Gasteiger partial charge in [0.1, 0.15) is 11.8 Å². The van der Waals surface area contributed by atoms with Gasteiger partial charge in [-0.2, -0.15) is 0 Å². The molecule has 0 saturated carbocycles. The molecule has 0 aliphatic rings. The Kier molecular flexibility index (Phi) is 5.26. The van der Waals surface area contributed by atoms with E-state index in [1.807, 2.05) is 24.3 Å². The first-order chi connectivity index (χ1) is 9.52. The number of nitrogens with one attached hydrogen (secondary N) is 1. The second-order valence-corrected chi connectivity index (χ2v) is 8.50. The average molecular weight is 334 g/mol. The lowest BCUT2D eigenvalue weighted by atomic mass is 10.2. The summed E-state index contributed by atoms with van der Waals surface area (Å²) in [7, 11) is -2.98. The molecule has 1 atom stereocenters. The lowest BCUT2D eigenvalue weighted by molar-refractivity contribution is 0.455. The summed E-state index contributed by atoms with van der Waals surface area (Å²) in [6.07, 6.45) is 1.60. The van der Waals surface area contributed by atoms with Crippen molar-refractivity contribution in [3.63, 3.8) is 0 Å². The molecule has 0 saturated heterocycles. The molecule has 20 heavy (non-hydrogen) atoms. The summed E-state index contributed by atoms with van der Waals surface area (Å²) in [6.45, 7) is 2.02. The minimum Gasteiger partial charge on any atom is -0.467 e. The predicted molar refractivity (Wildman–Crippen MR) is 82.2 cm³/mol. The Morgan fingerprint density at radius 3 is 2.75 bits per heavy atom. The van der Waals surface area contributed by atoms with Crippen LogP contribution in [0.25, 0.3) is 0 Å². The molecule has 2 aromatic rings. The molecule has 0 spiro atoms. The van der Waals surface area contributed by atoms with E-state index in [0.717, 1.165) is 10.6 Å². The predicted octanol–water partition coefficient (Wildman–Crippen LogP) is 3.11. The highest BCUT2D eigenvalue weighted by atomic mass is 35.5. The van der Waals surface area contributed by atoms with Crippen LogP contribution in [0, 0.1) is 0 Å². The standard InChI is InChI=1S/C13H16ClNO3S2/c1-2-20(16,17)9-7-15-13(10-4-3-8-18-10)11-5-6-12(14)19-11/h3-6,8,13,15H,2,7,9H2,1H3. The summed E-state index contributed by atoms with van der Waals surface area (Å²) in [5.74, 6) is 1.02. The molecule has 0 aliphatic carbocycles. The highest BCUT2D eigenvalue weighted by molar-refractivity contribution is 7.91. The lowest BCUT2D eigenvalue weighted by Gasteiger charge is -2.15. The number of halogens is 1. The zero-order valence-corrected chi connectivity index (χ0v) is 13.4. The summed E-state index contributed by atoms with van der Waals surface area (Å²) in [5, 5.41) is 3.22. The van der Waals surface area contributed by atoms with E-state index >= 15 is 0 Å². The van der Waals surface area contributed by atoms with Gasteiger partial charge in [0.25, 0.3) is 0 Å². The van der Waals surface area contributed by atoms with E-state index in [2.05, 4.69) is 5.32 Å². The van der Waals surface area contributed by atoms with Crippen LogP contribution < -0.4 is 5.32 Å². The number of hydrogen-bond donors (Lipinski definition) is 1. The van der Waals surface area contributed by atoms with Gasteiger partial charge in [0.05, 0.1) is 16.4 Å². The van der Waals surface area contributed by atoms with Crippen molar-refractivity contribution in [1.29, 1.82) is 0 Å². The smallest absolute Gasteiger partial charge is 0.151 e. The number of rotatable bonds is 7. The maximum absolute atomic E-state index is 11.5. The van der Waals surface area contributed by atoms with Gasteiger partial charge in [-0.15, -0.1) is 11.3 Å². The lowest BCUT2D eigenvalue weighted by Crippen LogP contribution is -2.28. The quantitative estimate of drug-likeness (QED) is 0.845. The van der Waals surface area contributed by atoms with E-state index in [9.17, 15) is 8.42 Å². The van der Waals surface area contributed by atoms with Crippen LogP contribution in [-0.2, 0) is 9.84 Å². The molecular weight excluding hydrogens is 318 g/mol. The zero-order valence-electron chi connectivity index (χ0n) is 11.0. The van der Waals surface area contributed by atoms with Crippen molar-refractivity contribution in [2.45, 2.75) is 13.0 Å². The van der Waals surface area contributed by atoms with E-state index in [1.54, 1.807) is 13.2 Å². The number of sulfone groups is 1. The summed E-state index contributed by atoms with van der Waals surface area (Å²) in [5.41, 5.74) is 0. The number of hydrogen-bond acceptors (Lipinski definition) is 5. The minimum absolute atomic E-state index is 0.111. The van der Waals surface area contributed by atoms with Gasteiger partial charge in [0.2, 0.25) is 0 Å². The Bertz CT molecular complexity index is 634. The summed E-state index contributed by atoms with van der Waals surface area (Å²) in [6, 6.07) is 7.24. The van der Waals surface area contributed by atoms with E-state index in [-0.39, 0.29) is 17.5 Å². The van der Waals surface area contributed by atoms with Crippen LogP contribution in [-0.4, -0.2) is 26.5 Å². The maximum Gasteiger partial charge on any atom is 0.151 e. The molecule has 110 valence electrons. The first-order valence-electron chi connectivity index (χ1n) is 6.24. The minimum atomic E-state index is -2.98. The first kappa shape index (κ1) is 15.6. The van der Waals surface area contributed by atoms with Gasteiger partial charge in [-0.25, -0.2) is 8.42 Å². The molecule has 1 N–H and O–H groups in total. The topological polar surface area (TPSA) is 59.3 Å². The van der Waals surface area contributed by atoms with Crippen LogP contribution in [0.15, 0.2) is 34.9 Å². The fraction of sp³-hybridized carbons (Fsp3) is 0.385. The Morgan fingerprint density at radius 2 is 2.20 bits per heavy atom. The van der Waals surface area contributed by atoms with Crippen LogP contribution in [0.5, 0.6) is 0 Å². The largest absolute Gasteiger partial charge is 0.467 e. The molecule has 0 fully saturated rings. The van der Waals surface area contributed by atoms with Gasteiger partial charge in [0, 0.05) is 17.2 Å². The highest BCUT2D eigenvalue weighted by Crippen LogP contribution is 2.31. The van der Waals surface area contributed by atoms with Crippen molar-refractivity contribution in [2.75, 3.05) is 18.1 Å². The normalized spacial score (nSPS) is 13.5. The Hall–Kier alpha value is -0.820. The second-order valence-electron chi connectivity index (χ2n) is 4.28. The fourth-order valence-electron chi connectivity index (χ4n) is 1.78. The van der Waals surface area contributed by atoms with Crippen molar-refractivity contribution in [2.24, 2.45) is 0 Å². The molecule has 0 amide bonds. The van der Waals surface area contributed by atoms with Gasteiger partial charge >= 0.3 is 0 Å². The molecule has 2 rings (SSSR count). The number of thiophene rings is 1. The Balaban J connectivity index is 2.09. The molecule has 0 aliphatic heterocycles. The zero-order chi connectivity index (χ0) is 14.6. The van der Waals surface area contributed by atoms with Gasteiger partial charge in [0.15, 0.2) is 9.84 Å². The van der Waals surface area contributed by atoms with Gasteiger partial charge in [-0.1, -0.05) is 18.5 Å². The monoisotopic (exact) mass is 333 g/mol. The van der Waals surface area contributed by atoms with Crippen LogP contribution in [0.4, 0.5) is 0 Å². The summed E-state index contributed by atoms with van der Waals surface area (Å²) >= 11 is 7.41. The molecule has 7 heteroatoms. The van der Waals surface area contributed by atoms with E-state index in [1.165, 1.54) is 11.3 Å². The Labute approximate surface area is 127 Å². The van der Waals surface area contributed by atoms with Gasteiger partial charge in [-0.05, 0) is 24.3 Å².